The van der Waals surface area contributed by atoms with Gasteiger partial charge >= 0.3 is 5.97 Å². The van der Waals surface area contributed by atoms with Crippen LogP contribution in [0.4, 0.5) is 0 Å². The molecule has 1 aliphatic heterocycles. The van der Waals surface area contributed by atoms with Gasteiger partial charge in [0.1, 0.15) is 12.1 Å². The maximum Gasteiger partial charge on any atom is 0.329 e. The quantitative estimate of drug-likeness (QED) is 0.903. The third-order valence-corrected chi connectivity index (χ3v) is 4.16. The van der Waals surface area contributed by atoms with Crippen LogP contribution in [0.2, 0.25) is 0 Å². The van der Waals surface area contributed by atoms with E-state index in [1.165, 1.54) is 4.90 Å². The smallest absolute Gasteiger partial charge is 0.329 e. The molecule has 0 spiro atoms. The molecular formula is C14H21N3O3. The standard InChI is InChI=1S/C14H21N3O3/c1-4-14(13(19)20)6-5-7-16(14)12(18)9-17-11(3)8-10(2)15-17/h8H,4-7,9H2,1-3H3,(H,19,20). The Balaban J connectivity index is 2.20. The van der Waals surface area contributed by atoms with Gasteiger partial charge in [0.25, 0.3) is 0 Å². The van der Waals surface area contributed by atoms with E-state index in [2.05, 4.69) is 5.10 Å². The number of hydrogen-bond acceptors (Lipinski definition) is 3. The van der Waals surface area contributed by atoms with E-state index >= 15 is 0 Å². The summed E-state index contributed by atoms with van der Waals surface area (Å²) in [6, 6.07) is 1.90. The zero-order chi connectivity index (χ0) is 14.9. The maximum absolute atomic E-state index is 12.5. The molecule has 1 atom stereocenters. The zero-order valence-electron chi connectivity index (χ0n) is 12.2. The summed E-state index contributed by atoms with van der Waals surface area (Å²) in [5, 5.41) is 13.8. The first-order valence-corrected chi connectivity index (χ1v) is 6.95. The average Bonchev–Trinajstić information content (AvgIpc) is 2.94. The SMILES string of the molecule is CCC1(C(=O)O)CCCN1C(=O)Cn1nc(C)cc1C. The van der Waals surface area contributed by atoms with E-state index in [4.69, 9.17) is 0 Å². The minimum Gasteiger partial charge on any atom is -0.479 e. The lowest BCUT2D eigenvalue weighted by molar-refractivity contribution is -0.157. The molecule has 0 saturated carbocycles. The lowest BCUT2D eigenvalue weighted by atomic mass is 9.93. The molecule has 20 heavy (non-hydrogen) atoms. The molecule has 2 heterocycles. The number of aliphatic carboxylic acids is 1. The maximum atomic E-state index is 12.5. The highest BCUT2D eigenvalue weighted by Crippen LogP contribution is 2.33. The van der Waals surface area contributed by atoms with E-state index in [1.807, 2.05) is 26.8 Å². The summed E-state index contributed by atoms with van der Waals surface area (Å²) in [5.41, 5.74) is 0.733. The Bertz CT molecular complexity index is 538. The Hall–Kier alpha value is -1.85. The molecular weight excluding hydrogens is 258 g/mol. The first kappa shape index (κ1) is 14.6. The van der Waals surface area contributed by atoms with E-state index in [0.717, 1.165) is 17.8 Å². The predicted octanol–water partition coefficient (Wildman–Crippen LogP) is 1.36. The Morgan fingerprint density at radius 1 is 1.45 bits per heavy atom. The molecule has 0 bridgehead atoms. The van der Waals surface area contributed by atoms with Crippen molar-refractivity contribution in [2.24, 2.45) is 0 Å². The molecule has 110 valence electrons. The van der Waals surface area contributed by atoms with Gasteiger partial charge in [-0.1, -0.05) is 6.92 Å². The number of aryl methyl sites for hydroxylation is 2. The van der Waals surface area contributed by atoms with E-state index in [1.54, 1.807) is 4.68 Å². The topological polar surface area (TPSA) is 75.4 Å². The largest absolute Gasteiger partial charge is 0.479 e. The van der Waals surface area contributed by atoms with Crippen LogP contribution in [-0.2, 0) is 16.1 Å². The summed E-state index contributed by atoms with van der Waals surface area (Å²) in [4.78, 5) is 25.6. The summed E-state index contributed by atoms with van der Waals surface area (Å²) in [6.45, 7) is 6.20. The second-order valence-electron chi connectivity index (χ2n) is 5.42. The number of carboxylic acids is 1. The zero-order valence-corrected chi connectivity index (χ0v) is 12.2. The van der Waals surface area contributed by atoms with Gasteiger partial charge < -0.3 is 10.0 Å². The molecule has 0 aromatic carbocycles. The van der Waals surface area contributed by atoms with Gasteiger partial charge in [-0.05, 0) is 39.2 Å². The number of hydrogen-bond donors (Lipinski definition) is 1. The summed E-state index contributed by atoms with van der Waals surface area (Å²) in [6.07, 6.45) is 1.70. The number of amides is 1. The van der Waals surface area contributed by atoms with Gasteiger partial charge in [-0.2, -0.15) is 5.10 Å². The van der Waals surface area contributed by atoms with E-state index in [0.29, 0.717) is 19.4 Å². The number of nitrogens with zero attached hydrogens (tertiary/aromatic N) is 3. The van der Waals surface area contributed by atoms with Gasteiger partial charge in [0.15, 0.2) is 0 Å². The van der Waals surface area contributed by atoms with Gasteiger partial charge in [-0.25, -0.2) is 4.79 Å². The van der Waals surface area contributed by atoms with Crippen LogP contribution in [-0.4, -0.2) is 43.7 Å². The summed E-state index contributed by atoms with van der Waals surface area (Å²) < 4.78 is 1.64. The fourth-order valence-corrected chi connectivity index (χ4v) is 3.03. The molecule has 1 aromatic rings. The van der Waals surface area contributed by atoms with Crippen molar-refractivity contribution in [1.29, 1.82) is 0 Å². The van der Waals surface area contributed by atoms with E-state index in [9.17, 15) is 14.7 Å². The molecule has 1 unspecified atom stereocenters. The van der Waals surface area contributed by atoms with Gasteiger partial charge in [-0.15, -0.1) is 0 Å². The first-order chi connectivity index (χ1) is 9.40. The second kappa shape index (κ2) is 5.26. The fraction of sp³-hybridized carbons (Fsp3) is 0.643. The Labute approximate surface area is 118 Å². The molecule has 6 nitrogen and oxygen atoms in total. The molecule has 0 aliphatic carbocycles. The van der Waals surface area contributed by atoms with Crippen molar-refractivity contribution in [1.82, 2.24) is 14.7 Å². The van der Waals surface area contributed by atoms with Crippen LogP contribution < -0.4 is 0 Å². The van der Waals surface area contributed by atoms with Crippen molar-refractivity contribution in [3.8, 4) is 0 Å². The Morgan fingerprint density at radius 3 is 2.65 bits per heavy atom. The highest BCUT2D eigenvalue weighted by Gasteiger charge is 2.48. The van der Waals surface area contributed by atoms with Crippen molar-refractivity contribution in [2.45, 2.75) is 52.1 Å². The fourth-order valence-electron chi connectivity index (χ4n) is 3.03. The molecule has 6 heteroatoms. The molecule has 1 aliphatic rings. The Kier molecular flexibility index (Phi) is 3.83. The second-order valence-corrected chi connectivity index (χ2v) is 5.42. The minimum atomic E-state index is -1.03. The monoisotopic (exact) mass is 279 g/mol. The highest BCUT2D eigenvalue weighted by atomic mass is 16.4. The molecule has 1 amide bonds. The molecule has 1 fully saturated rings. The molecule has 1 N–H and O–H groups in total. The summed E-state index contributed by atoms with van der Waals surface area (Å²) >= 11 is 0. The number of carbonyl (C=O) groups excluding carboxylic acids is 1. The third kappa shape index (κ3) is 2.30. The van der Waals surface area contributed by atoms with E-state index in [-0.39, 0.29) is 12.5 Å². The average molecular weight is 279 g/mol. The molecule has 1 saturated heterocycles. The summed E-state index contributed by atoms with van der Waals surface area (Å²) in [5.74, 6) is -1.07. The summed E-state index contributed by atoms with van der Waals surface area (Å²) in [7, 11) is 0. The minimum absolute atomic E-state index is 0.106. The molecule has 1 aromatic heterocycles. The lowest BCUT2D eigenvalue weighted by Gasteiger charge is -2.34. The van der Waals surface area contributed by atoms with Crippen LogP contribution >= 0.6 is 0 Å². The lowest BCUT2D eigenvalue weighted by Crippen LogP contribution is -2.53. The van der Waals surface area contributed by atoms with Gasteiger partial charge in [0, 0.05) is 12.2 Å². The van der Waals surface area contributed by atoms with Gasteiger partial charge in [0.05, 0.1) is 5.69 Å². The van der Waals surface area contributed by atoms with Gasteiger partial charge in [0.2, 0.25) is 5.91 Å². The highest BCUT2D eigenvalue weighted by molar-refractivity contribution is 5.87. The molecule has 2 rings (SSSR count). The number of rotatable bonds is 4. The van der Waals surface area contributed by atoms with Crippen LogP contribution in [0.25, 0.3) is 0 Å². The Morgan fingerprint density at radius 2 is 2.15 bits per heavy atom. The van der Waals surface area contributed by atoms with Crippen LogP contribution in [0.3, 0.4) is 0 Å². The van der Waals surface area contributed by atoms with Crippen LogP contribution in [0.1, 0.15) is 37.6 Å². The molecule has 0 radical (unpaired) electrons. The number of aromatic nitrogens is 2. The van der Waals surface area contributed by atoms with Crippen molar-refractivity contribution in [3.63, 3.8) is 0 Å². The number of carboxylic acid groups (broad SMARTS) is 1. The van der Waals surface area contributed by atoms with Crippen LogP contribution in [0, 0.1) is 13.8 Å². The van der Waals surface area contributed by atoms with Crippen molar-refractivity contribution < 1.29 is 14.7 Å². The third-order valence-electron chi connectivity index (χ3n) is 4.16. The van der Waals surface area contributed by atoms with Gasteiger partial charge in [-0.3, -0.25) is 9.48 Å². The first-order valence-electron chi connectivity index (χ1n) is 6.95. The number of carbonyl (C=O) groups is 2. The number of likely N-dealkylation sites (tertiary alicyclic amines) is 1. The van der Waals surface area contributed by atoms with Crippen LogP contribution in [0.5, 0.6) is 0 Å². The van der Waals surface area contributed by atoms with Crippen molar-refractivity contribution in [2.75, 3.05) is 6.54 Å². The normalized spacial score (nSPS) is 22.2. The predicted molar refractivity (Wildman–Crippen MR) is 73.3 cm³/mol. The van der Waals surface area contributed by atoms with Crippen molar-refractivity contribution in [3.05, 3.63) is 17.5 Å². The van der Waals surface area contributed by atoms with Crippen LogP contribution in [0.15, 0.2) is 6.07 Å². The van der Waals surface area contributed by atoms with E-state index < -0.39 is 11.5 Å². The van der Waals surface area contributed by atoms with Crippen molar-refractivity contribution >= 4 is 11.9 Å².